The number of hydrogen-bond acceptors (Lipinski definition) is 5. The van der Waals surface area contributed by atoms with Gasteiger partial charge in [0.15, 0.2) is 5.65 Å². The summed E-state index contributed by atoms with van der Waals surface area (Å²) in [7, 11) is 0. The predicted octanol–water partition coefficient (Wildman–Crippen LogP) is 4.24. The fraction of sp³-hybridized carbons (Fsp3) is 0.391. The second kappa shape index (κ2) is 7.92. The zero-order chi connectivity index (χ0) is 21.5. The summed E-state index contributed by atoms with van der Waals surface area (Å²) in [6.45, 7) is 5.70. The van der Waals surface area contributed by atoms with Crippen molar-refractivity contribution < 1.29 is 8.78 Å². The molecule has 8 heteroatoms. The number of halogens is 2. The highest BCUT2D eigenvalue weighted by atomic mass is 19.1. The molecule has 0 atom stereocenters. The third-order valence-electron chi connectivity index (χ3n) is 6.11. The van der Waals surface area contributed by atoms with Crippen LogP contribution in [0.25, 0.3) is 27.8 Å². The first-order chi connectivity index (χ1) is 15.0. The number of alkyl halides is 1. The highest BCUT2D eigenvalue weighted by Crippen LogP contribution is 2.31. The number of nitrogens with zero attached hydrogens (tertiary/aromatic N) is 6. The number of fused-ring (bicyclic) bond motifs is 2. The molecule has 1 aliphatic rings. The Morgan fingerprint density at radius 3 is 2.65 bits per heavy atom. The molecule has 160 valence electrons. The lowest BCUT2D eigenvalue weighted by molar-refractivity contribution is 0.195. The van der Waals surface area contributed by atoms with E-state index < -0.39 is 0 Å². The topological polar surface area (TPSA) is 59.2 Å². The number of benzene rings is 1. The Hall–Kier alpha value is -3.00. The lowest BCUT2D eigenvalue weighted by atomic mass is 9.92. The highest BCUT2D eigenvalue weighted by molar-refractivity contribution is 5.84. The molecule has 4 aromatic rings. The van der Waals surface area contributed by atoms with Crippen LogP contribution in [0.1, 0.15) is 35.7 Å². The Labute approximate surface area is 178 Å². The molecular weight excluding hydrogens is 398 g/mol. The van der Waals surface area contributed by atoms with Gasteiger partial charge in [0, 0.05) is 23.4 Å². The standard InChI is InChI=1S/C23H24F2N6/c1-14-9-21(29-31-13-15(2)26-23(14)31)17-10-19(25)18-12-20(27-28-22(18)11-17)16-3-6-30(7-4-16)8-5-24/h9-13,16H,3-8H2,1-2H3. The van der Waals surface area contributed by atoms with Gasteiger partial charge in [-0.15, -0.1) is 0 Å². The molecule has 0 saturated carbocycles. The maximum absolute atomic E-state index is 15.1. The molecule has 5 rings (SSSR count). The average molecular weight is 422 g/mol. The zero-order valence-electron chi connectivity index (χ0n) is 17.6. The summed E-state index contributed by atoms with van der Waals surface area (Å²) < 4.78 is 29.4. The predicted molar refractivity (Wildman–Crippen MR) is 115 cm³/mol. The highest BCUT2D eigenvalue weighted by Gasteiger charge is 2.22. The van der Waals surface area contributed by atoms with Crippen LogP contribution in [-0.2, 0) is 0 Å². The van der Waals surface area contributed by atoms with Gasteiger partial charge in [-0.3, -0.25) is 0 Å². The van der Waals surface area contributed by atoms with E-state index in [0.717, 1.165) is 48.5 Å². The SMILES string of the molecule is Cc1cn2nc(-c3cc(F)c4cc(C5CCN(CCF)CC5)nnc4c3)cc(C)c2n1. The summed E-state index contributed by atoms with van der Waals surface area (Å²) in [6.07, 6.45) is 3.62. The maximum Gasteiger partial charge on any atom is 0.156 e. The fourth-order valence-electron chi connectivity index (χ4n) is 4.42. The average Bonchev–Trinajstić information content (AvgIpc) is 3.15. The van der Waals surface area contributed by atoms with Gasteiger partial charge in [-0.2, -0.15) is 15.3 Å². The molecule has 6 nitrogen and oxygen atoms in total. The summed E-state index contributed by atoms with van der Waals surface area (Å²) in [5, 5.41) is 13.8. The van der Waals surface area contributed by atoms with Gasteiger partial charge in [0.25, 0.3) is 0 Å². The van der Waals surface area contributed by atoms with E-state index in [1.807, 2.05) is 38.2 Å². The van der Waals surface area contributed by atoms with Crippen LogP contribution in [0.15, 0.2) is 30.5 Å². The van der Waals surface area contributed by atoms with Crippen LogP contribution in [-0.4, -0.2) is 56.0 Å². The van der Waals surface area contributed by atoms with E-state index in [1.54, 1.807) is 4.52 Å². The van der Waals surface area contributed by atoms with E-state index in [0.29, 0.717) is 28.7 Å². The molecular formula is C23H24F2N6. The molecule has 0 radical (unpaired) electrons. The second-order valence-corrected chi connectivity index (χ2v) is 8.33. The minimum atomic E-state index is -0.333. The van der Waals surface area contributed by atoms with Crippen molar-refractivity contribution in [1.29, 1.82) is 0 Å². The molecule has 0 unspecified atom stereocenters. The summed E-state index contributed by atoms with van der Waals surface area (Å²) in [5.74, 6) is -0.108. The van der Waals surface area contributed by atoms with Gasteiger partial charge >= 0.3 is 0 Å². The smallest absolute Gasteiger partial charge is 0.156 e. The van der Waals surface area contributed by atoms with E-state index in [9.17, 15) is 4.39 Å². The Kier molecular flexibility index (Phi) is 5.09. The molecule has 3 aromatic heterocycles. The van der Waals surface area contributed by atoms with Crippen LogP contribution in [0.3, 0.4) is 0 Å². The quantitative estimate of drug-likeness (QED) is 0.492. The first-order valence-corrected chi connectivity index (χ1v) is 10.6. The molecule has 4 heterocycles. The Bertz CT molecular complexity index is 1260. The molecule has 31 heavy (non-hydrogen) atoms. The van der Waals surface area contributed by atoms with Crippen LogP contribution < -0.4 is 0 Å². The number of hydrogen-bond donors (Lipinski definition) is 0. The van der Waals surface area contributed by atoms with Crippen LogP contribution in [0.4, 0.5) is 8.78 Å². The molecule has 0 aliphatic carbocycles. The molecule has 1 aromatic carbocycles. The molecule has 0 N–H and O–H groups in total. The van der Waals surface area contributed by atoms with Crippen molar-refractivity contribution in [3.05, 3.63) is 53.2 Å². The number of likely N-dealkylation sites (tertiary alicyclic amines) is 1. The second-order valence-electron chi connectivity index (χ2n) is 8.33. The number of imidazole rings is 1. The van der Waals surface area contributed by atoms with Crippen molar-refractivity contribution in [3.8, 4) is 11.3 Å². The maximum atomic E-state index is 15.1. The third-order valence-corrected chi connectivity index (χ3v) is 6.11. The summed E-state index contributed by atoms with van der Waals surface area (Å²) >= 11 is 0. The molecule has 0 amide bonds. The third kappa shape index (κ3) is 3.76. The lowest BCUT2D eigenvalue weighted by Crippen LogP contribution is -2.34. The van der Waals surface area contributed by atoms with E-state index in [4.69, 9.17) is 0 Å². The molecule has 1 fully saturated rings. The van der Waals surface area contributed by atoms with Crippen molar-refractivity contribution in [2.75, 3.05) is 26.3 Å². The van der Waals surface area contributed by atoms with Gasteiger partial charge in [0.2, 0.25) is 0 Å². The Morgan fingerprint density at radius 1 is 1.06 bits per heavy atom. The summed E-state index contributed by atoms with van der Waals surface area (Å²) in [6, 6.07) is 7.07. The normalized spacial score (nSPS) is 15.9. The molecule has 1 saturated heterocycles. The minimum absolute atomic E-state index is 0.225. The molecule has 0 bridgehead atoms. The van der Waals surface area contributed by atoms with Crippen molar-refractivity contribution in [2.45, 2.75) is 32.6 Å². The number of aryl methyl sites for hydroxylation is 2. The van der Waals surface area contributed by atoms with Crippen LogP contribution in [0.2, 0.25) is 0 Å². The minimum Gasteiger partial charge on any atom is -0.301 e. The van der Waals surface area contributed by atoms with Gasteiger partial charge in [0.1, 0.15) is 12.5 Å². The van der Waals surface area contributed by atoms with E-state index >= 15 is 4.39 Å². The Balaban J connectivity index is 1.47. The van der Waals surface area contributed by atoms with Crippen molar-refractivity contribution in [2.24, 2.45) is 0 Å². The number of aromatic nitrogens is 5. The van der Waals surface area contributed by atoms with Crippen molar-refractivity contribution in [3.63, 3.8) is 0 Å². The van der Waals surface area contributed by atoms with Gasteiger partial charge in [-0.1, -0.05) is 0 Å². The van der Waals surface area contributed by atoms with E-state index in [-0.39, 0.29) is 18.4 Å². The monoisotopic (exact) mass is 422 g/mol. The number of piperidine rings is 1. The number of rotatable bonds is 4. The van der Waals surface area contributed by atoms with E-state index in [2.05, 4.69) is 25.2 Å². The van der Waals surface area contributed by atoms with Crippen LogP contribution in [0.5, 0.6) is 0 Å². The van der Waals surface area contributed by atoms with Crippen LogP contribution in [0, 0.1) is 19.7 Å². The summed E-state index contributed by atoms with van der Waals surface area (Å²) in [4.78, 5) is 6.58. The Morgan fingerprint density at radius 2 is 1.87 bits per heavy atom. The zero-order valence-corrected chi connectivity index (χ0v) is 17.6. The van der Waals surface area contributed by atoms with Gasteiger partial charge < -0.3 is 4.90 Å². The van der Waals surface area contributed by atoms with Gasteiger partial charge in [-0.05, 0) is 69.6 Å². The molecule has 1 aliphatic heterocycles. The van der Waals surface area contributed by atoms with E-state index in [1.165, 1.54) is 6.07 Å². The largest absolute Gasteiger partial charge is 0.301 e. The van der Waals surface area contributed by atoms with Gasteiger partial charge in [0.05, 0.1) is 28.8 Å². The lowest BCUT2D eigenvalue weighted by Gasteiger charge is -2.30. The van der Waals surface area contributed by atoms with Crippen molar-refractivity contribution >= 4 is 16.6 Å². The van der Waals surface area contributed by atoms with Crippen molar-refractivity contribution in [1.82, 2.24) is 29.7 Å². The first kappa shape index (κ1) is 19.9. The first-order valence-electron chi connectivity index (χ1n) is 10.6. The van der Waals surface area contributed by atoms with Crippen LogP contribution >= 0.6 is 0 Å². The fourth-order valence-corrected chi connectivity index (χ4v) is 4.42. The summed E-state index contributed by atoms with van der Waals surface area (Å²) in [5.41, 5.74) is 5.28. The van der Waals surface area contributed by atoms with Gasteiger partial charge in [-0.25, -0.2) is 18.3 Å². The molecule has 0 spiro atoms.